The number of aromatic nitrogens is 4. The lowest BCUT2D eigenvalue weighted by Gasteiger charge is -2.29. The lowest BCUT2D eigenvalue weighted by molar-refractivity contribution is -0.160. The van der Waals surface area contributed by atoms with Crippen molar-refractivity contribution in [3.63, 3.8) is 0 Å². The van der Waals surface area contributed by atoms with E-state index >= 15 is 0 Å². The topological polar surface area (TPSA) is 184 Å². The standard InChI is InChI=1S/C48H50F2N8O7/c1-27(2)40(55-47(61)63-3)44(59)58-26-35(65-46(49)50)23-39(58)43-52-24-36(53-43)29-14-12-28(13-15-29)31-16-17-33-22-34(19-18-32(33)21-31)37-25-51-42(54-37)38-11-8-20-57(38)45(60)41(56-48(62)64-4)30-9-6-5-7-10-30/h5-7,9-10,12-19,21-22,24-25,27,35,38-41,46H,8,11,20,23,26H2,1-4H3,(H,51,54)(H,52,53)(H,55,61)(H,56,62). The molecule has 0 bridgehead atoms. The Morgan fingerprint density at radius 3 is 1.94 bits per heavy atom. The second-order valence-electron chi connectivity index (χ2n) is 16.5. The van der Waals surface area contributed by atoms with E-state index < -0.39 is 48.9 Å². The maximum Gasteiger partial charge on any atom is 0.407 e. The van der Waals surface area contributed by atoms with Crippen molar-refractivity contribution >= 4 is 34.8 Å². The third-order valence-corrected chi connectivity index (χ3v) is 12.1. The zero-order chi connectivity index (χ0) is 45.8. The molecule has 17 heteroatoms. The van der Waals surface area contributed by atoms with Crippen LogP contribution >= 0.6 is 0 Å². The van der Waals surface area contributed by atoms with Crippen LogP contribution in [0.2, 0.25) is 0 Å². The van der Waals surface area contributed by atoms with Crippen LogP contribution in [-0.2, 0) is 23.8 Å². The van der Waals surface area contributed by atoms with Gasteiger partial charge in [-0.2, -0.15) is 8.78 Å². The number of likely N-dealkylation sites (tertiary alicyclic amines) is 2. The number of aromatic amines is 2. The van der Waals surface area contributed by atoms with Crippen LogP contribution in [0.3, 0.4) is 0 Å². The molecule has 2 aliphatic rings. The van der Waals surface area contributed by atoms with E-state index in [0.717, 1.165) is 51.6 Å². The molecule has 2 aliphatic heterocycles. The first kappa shape index (κ1) is 44.5. The third kappa shape index (κ3) is 9.69. The van der Waals surface area contributed by atoms with Crippen molar-refractivity contribution in [2.75, 3.05) is 27.3 Å². The highest BCUT2D eigenvalue weighted by Gasteiger charge is 2.43. The number of benzene rings is 4. The number of nitrogens with zero attached hydrogens (tertiary/aromatic N) is 4. The van der Waals surface area contributed by atoms with Gasteiger partial charge in [0.2, 0.25) is 5.91 Å². The molecule has 4 N–H and O–H groups in total. The molecule has 6 aromatic rings. The van der Waals surface area contributed by atoms with E-state index in [9.17, 15) is 28.0 Å². The van der Waals surface area contributed by atoms with E-state index in [4.69, 9.17) is 19.2 Å². The molecule has 0 aliphatic carbocycles. The minimum Gasteiger partial charge on any atom is -0.453 e. The summed E-state index contributed by atoms with van der Waals surface area (Å²) in [4.78, 5) is 71.3. The Balaban J connectivity index is 0.958. The maximum absolute atomic E-state index is 14.0. The van der Waals surface area contributed by atoms with Crippen LogP contribution in [0.4, 0.5) is 18.4 Å². The first-order chi connectivity index (χ1) is 31.4. The van der Waals surface area contributed by atoms with Gasteiger partial charge >= 0.3 is 18.8 Å². The molecule has 15 nitrogen and oxygen atoms in total. The Labute approximate surface area is 373 Å². The Morgan fingerprint density at radius 1 is 0.708 bits per heavy atom. The largest absolute Gasteiger partial charge is 0.453 e. The number of amides is 4. The Kier molecular flexibility index (Phi) is 13.2. The van der Waals surface area contributed by atoms with Gasteiger partial charge in [0.25, 0.3) is 5.91 Å². The number of halogens is 2. The molecule has 2 saturated heterocycles. The molecule has 4 amide bonds. The van der Waals surface area contributed by atoms with Crippen molar-refractivity contribution in [1.29, 1.82) is 0 Å². The number of hydrogen-bond donors (Lipinski definition) is 4. The number of ether oxygens (including phenoxy) is 3. The summed E-state index contributed by atoms with van der Waals surface area (Å²) in [6.45, 7) is 0.962. The van der Waals surface area contributed by atoms with Gasteiger partial charge < -0.3 is 44.6 Å². The van der Waals surface area contributed by atoms with Gasteiger partial charge in [-0.05, 0) is 63.9 Å². The number of H-pyrrole nitrogens is 2. The van der Waals surface area contributed by atoms with Gasteiger partial charge in [0.05, 0.1) is 56.2 Å². The lowest BCUT2D eigenvalue weighted by atomic mass is 9.98. The minimum atomic E-state index is -3.01. The molecule has 2 fully saturated rings. The van der Waals surface area contributed by atoms with E-state index in [2.05, 4.69) is 55.9 Å². The van der Waals surface area contributed by atoms with Crippen LogP contribution in [-0.4, -0.2) is 99.8 Å². The number of fused-ring (bicyclic) bond motifs is 1. The van der Waals surface area contributed by atoms with Gasteiger partial charge in [-0.1, -0.05) is 92.7 Å². The normalized spacial score (nSPS) is 18.2. The highest BCUT2D eigenvalue weighted by atomic mass is 19.3. The molecule has 4 heterocycles. The molecule has 65 heavy (non-hydrogen) atoms. The highest BCUT2D eigenvalue weighted by Crippen LogP contribution is 2.37. The summed E-state index contributed by atoms with van der Waals surface area (Å²) >= 11 is 0. The maximum atomic E-state index is 14.0. The molecular weight excluding hydrogens is 839 g/mol. The number of hydrogen-bond acceptors (Lipinski definition) is 9. The monoisotopic (exact) mass is 888 g/mol. The Hall–Kier alpha value is -7.14. The minimum absolute atomic E-state index is 0.0909. The molecule has 0 radical (unpaired) electrons. The average Bonchev–Trinajstić information content (AvgIpc) is 4.17. The summed E-state index contributed by atoms with van der Waals surface area (Å²) in [6, 6.07) is 26.6. The van der Waals surface area contributed by atoms with Gasteiger partial charge in [-0.3, -0.25) is 9.59 Å². The number of nitrogens with one attached hydrogen (secondary N) is 4. The number of rotatable bonds is 13. The molecule has 5 unspecified atom stereocenters. The molecule has 8 rings (SSSR count). The fourth-order valence-electron chi connectivity index (χ4n) is 8.75. The third-order valence-electron chi connectivity index (χ3n) is 12.1. The molecule has 2 aromatic heterocycles. The van der Waals surface area contributed by atoms with Crippen molar-refractivity contribution in [2.24, 2.45) is 5.92 Å². The fraction of sp³-hybridized carbons (Fsp3) is 0.333. The van der Waals surface area contributed by atoms with Crippen LogP contribution in [0.5, 0.6) is 0 Å². The quantitative estimate of drug-likeness (QED) is 0.0886. The molecule has 0 saturated carbocycles. The summed E-state index contributed by atoms with van der Waals surface area (Å²) in [7, 11) is 2.47. The molecule has 4 aromatic carbocycles. The smallest absolute Gasteiger partial charge is 0.407 e. The SMILES string of the molecule is COC(=O)NC(C(=O)N1CCCC1c1ncc(-c2ccc3cc(-c4ccc(-c5cnc(C6CC(OC(F)F)CN6C(=O)C(NC(=O)OC)C(C)C)[nH]5)cc4)ccc3c2)[nH]1)c1ccccc1. The van der Waals surface area contributed by atoms with Gasteiger partial charge in [0.1, 0.15) is 23.7 Å². The molecule has 338 valence electrons. The van der Waals surface area contributed by atoms with E-state index in [0.29, 0.717) is 29.5 Å². The summed E-state index contributed by atoms with van der Waals surface area (Å²) in [6.07, 6.45) is 2.65. The first-order valence-corrected chi connectivity index (χ1v) is 21.4. The van der Waals surface area contributed by atoms with E-state index in [1.54, 1.807) is 43.3 Å². The predicted octanol–water partition coefficient (Wildman–Crippen LogP) is 8.31. The van der Waals surface area contributed by atoms with Gasteiger partial charge in [0.15, 0.2) is 0 Å². The Morgan fingerprint density at radius 2 is 1.29 bits per heavy atom. The van der Waals surface area contributed by atoms with Gasteiger partial charge in [0, 0.05) is 25.1 Å². The van der Waals surface area contributed by atoms with Crippen molar-refractivity contribution in [2.45, 2.75) is 70.0 Å². The zero-order valence-corrected chi connectivity index (χ0v) is 36.3. The van der Waals surface area contributed by atoms with Crippen LogP contribution in [0.15, 0.2) is 103 Å². The first-order valence-electron chi connectivity index (χ1n) is 21.4. The van der Waals surface area contributed by atoms with Crippen LogP contribution in [0.25, 0.3) is 44.4 Å². The van der Waals surface area contributed by atoms with Crippen molar-refractivity contribution in [3.8, 4) is 33.6 Å². The van der Waals surface area contributed by atoms with E-state index in [1.807, 2.05) is 48.5 Å². The highest BCUT2D eigenvalue weighted by molar-refractivity contribution is 5.91. The van der Waals surface area contributed by atoms with Crippen molar-refractivity contribution in [3.05, 3.63) is 121 Å². The number of alkyl halides is 2. The van der Waals surface area contributed by atoms with Crippen molar-refractivity contribution < 1.29 is 42.2 Å². The van der Waals surface area contributed by atoms with Crippen LogP contribution in [0, 0.1) is 5.92 Å². The van der Waals surface area contributed by atoms with E-state index in [1.165, 1.54) is 19.1 Å². The summed E-state index contributed by atoms with van der Waals surface area (Å²) < 4.78 is 41.0. The van der Waals surface area contributed by atoms with Crippen molar-refractivity contribution in [1.82, 2.24) is 40.4 Å². The average molecular weight is 889 g/mol. The predicted molar refractivity (Wildman–Crippen MR) is 237 cm³/mol. The molecule has 0 spiro atoms. The zero-order valence-electron chi connectivity index (χ0n) is 36.3. The summed E-state index contributed by atoms with van der Waals surface area (Å²) in [5, 5.41) is 7.34. The fourth-order valence-corrected chi connectivity index (χ4v) is 8.75. The Bertz CT molecular complexity index is 2650. The van der Waals surface area contributed by atoms with E-state index in [-0.39, 0.29) is 30.8 Å². The number of carbonyl (C=O) groups excluding carboxylic acids is 4. The molecular formula is C48H50F2N8O7. The summed E-state index contributed by atoms with van der Waals surface area (Å²) in [5.74, 6) is 0.0919. The van der Waals surface area contributed by atoms with Crippen LogP contribution < -0.4 is 10.6 Å². The number of alkyl carbamates (subject to hydrolysis) is 2. The second kappa shape index (κ2) is 19.3. The number of imidazole rings is 2. The molecule has 5 atom stereocenters. The van der Waals surface area contributed by atoms with Gasteiger partial charge in [-0.15, -0.1) is 0 Å². The van der Waals surface area contributed by atoms with Gasteiger partial charge in [-0.25, -0.2) is 19.6 Å². The second-order valence-corrected chi connectivity index (χ2v) is 16.5. The van der Waals surface area contributed by atoms with Crippen LogP contribution in [0.1, 0.15) is 68.4 Å². The number of carbonyl (C=O) groups is 4. The number of methoxy groups -OCH3 is 2. The lowest BCUT2D eigenvalue weighted by Crippen LogP contribution is -2.51. The summed E-state index contributed by atoms with van der Waals surface area (Å²) in [5.41, 5.74) is 5.93.